The van der Waals surface area contributed by atoms with E-state index in [1.165, 1.54) is 73.7 Å². The summed E-state index contributed by atoms with van der Waals surface area (Å²) in [6.45, 7) is 6.18. The number of carbonyl (C=O) groups excluding carboxylic acids is 4. The van der Waals surface area contributed by atoms with Crippen LogP contribution in [0, 0.1) is 0 Å². The molecule has 3 aliphatic carbocycles. The van der Waals surface area contributed by atoms with Crippen LogP contribution in [0.25, 0.3) is 33.4 Å². The Morgan fingerprint density at radius 1 is 0.417 bits per heavy atom. The van der Waals surface area contributed by atoms with E-state index in [0.717, 1.165) is 0 Å². The molecule has 304 valence electrons. The molecule has 6 aromatic carbocycles. The number of esters is 2. The molecule has 8 heteroatoms. The Morgan fingerprint density at radius 2 is 0.667 bits per heavy atom. The van der Waals surface area contributed by atoms with Gasteiger partial charge in [-0.3, -0.25) is 14.4 Å². The van der Waals surface area contributed by atoms with Crippen LogP contribution in [-0.2, 0) is 28.6 Å². The summed E-state index contributed by atoms with van der Waals surface area (Å²) >= 11 is 0. The molecular formula is C52H49NO7. The normalized spacial score (nSPS) is 12.7. The van der Waals surface area contributed by atoms with Crippen LogP contribution in [0.4, 0.5) is 4.79 Å². The Bertz CT molecular complexity index is 2260. The predicted molar refractivity (Wildman–Crippen MR) is 234 cm³/mol. The van der Waals surface area contributed by atoms with Gasteiger partial charge in [-0.05, 0) is 73.7 Å². The van der Waals surface area contributed by atoms with Crippen molar-refractivity contribution in [1.82, 2.24) is 5.32 Å². The van der Waals surface area contributed by atoms with E-state index in [1.54, 1.807) is 0 Å². The van der Waals surface area contributed by atoms with Crippen LogP contribution in [-0.4, -0.2) is 50.2 Å². The van der Waals surface area contributed by atoms with Gasteiger partial charge in [0.15, 0.2) is 0 Å². The third-order valence-electron chi connectivity index (χ3n) is 11.1. The van der Waals surface area contributed by atoms with Crippen molar-refractivity contribution in [3.8, 4) is 33.4 Å². The summed E-state index contributed by atoms with van der Waals surface area (Å²) < 4.78 is 16.0. The Kier molecular flexibility index (Phi) is 13.3. The van der Waals surface area contributed by atoms with Crippen LogP contribution in [0.5, 0.6) is 0 Å². The maximum atomic E-state index is 11.6. The molecule has 0 unspecified atom stereocenters. The van der Waals surface area contributed by atoms with Crippen LogP contribution in [0.3, 0.4) is 0 Å². The SMILES string of the molecule is CC(=O)CNC(=O)OCC1c2ccccc2-c2ccccc21.CCC(=O)OCC1c2ccccc2-c2ccccc21.CCC(=O)OCC1c2ccccc2-c2ccccc21. The number of carbonyl (C=O) groups is 4. The van der Waals surface area contributed by atoms with Gasteiger partial charge in [-0.1, -0.05) is 159 Å². The quantitative estimate of drug-likeness (QED) is 0.109. The van der Waals surface area contributed by atoms with Crippen molar-refractivity contribution in [3.63, 3.8) is 0 Å². The molecule has 60 heavy (non-hydrogen) atoms. The molecule has 0 spiro atoms. The number of ketones is 1. The number of hydrogen-bond donors (Lipinski definition) is 1. The van der Waals surface area contributed by atoms with Gasteiger partial charge < -0.3 is 19.5 Å². The van der Waals surface area contributed by atoms with Crippen molar-refractivity contribution < 1.29 is 33.4 Å². The van der Waals surface area contributed by atoms with E-state index in [4.69, 9.17) is 14.2 Å². The van der Waals surface area contributed by atoms with Gasteiger partial charge in [0.1, 0.15) is 25.6 Å². The van der Waals surface area contributed by atoms with Crippen LogP contribution in [0.1, 0.15) is 84.7 Å². The van der Waals surface area contributed by atoms with E-state index in [-0.39, 0.29) is 48.6 Å². The lowest BCUT2D eigenvalue weighted by molar-refractivity contribution is -0.144. The maximum absolute atomic E-state index is 11.6. The molecule has 6 aromatic rings. The lowest BCUT2D eigenvalue weighted by Crippen LogP contribution is -2.30. The summed E-state index contributed by atoms with van der Waals surface area (Å²) in [5, 5.41) is 2.44. The molecule has 8 nitrogen and oxygen atoms in total. The first-order valence-electron chi connectivity index (χ1n) is 20.5. The van der Waals surface area contributed by atoms with E-state index < -0.39 is 6.09 Å². The van der Waals surface area contributed by atoms with Crippen molar-refractivity contribution >= 4 is 23.8 Å². The standard InChI is InChI=1S/C18H17NO3.2C17H16O2/c1-12(20)10-19-18(21)22-11-17-15-8-4-2-6-13(15)14-7-3-5-9-16(14)17;2*1-2-17(18)19-11-16-14-9-5-3-7-12(14)13-8-4-6-10-15(13)16/h2-9,17H,10-11H2,1H3,(H,19,21);2*3-10,16H,2,11H2,1H3. The van der Waals surface area contributed by atoms with Crippen LogP contribution < -0.4 is 5.32 Å². The fourth-order valence-electron chi connectivity index (χ4n) is 8.28. The zero-order chi connectivity index (χ0) is 42.0. The van der Waals surface area contributed by atoms with Crippen LogP contribution >= 0.6 is 0 Å². The number of alkyl carbamates (subject to hydrolysis) is 1. The smallest absolute Gasteiger partial charge is 0.407 e. The lowest BCUT2D eigenvalue weighted by atomic mass is 9.98. The molecule has 0 saturated carbocycles. The Hall–Kier alpha value is -6.80. The molecule has 0 radical (unpaired) electrons. The summed E-state index contributed by atoms with van der Waals surface area (Å²) in [4.78, 5) is 45.2. The number of fused-ring (bicyclic) bond motifs is 9. The van der Waals surface area contributed by atoms with Crippen molar-refractivity contribution in [2.24, 2.45) is 0 Å². The van der Waals surface area contributed by atoms with Gasteiger partial charge in [-0.2, -0.15) is 0 Å². The molecule has 0 aliphatic heterocycles. The summed E-state index contributed by atoms with van der Waals surface area (Å²) in [7, 11) is 0. The van der Waals surface area contributed by atoms with Crippen molar-refractivity contribution in [2.75, 3.05) is 26.4 Å². The molecule has 0 fully saturated rings. The van der Waals surface area contributed by atoms with Gasteiger partial charge in [-0.15, -0.1) is 0 Å². The zero-order valence-electron chi connectivity index (χ0n) is 34.2. The highest BCUT2D eigenvalue weighted by molar-refractivity contribution is 5.83. The lowest BCUT2D eigenvalue weighted by Gasteiger charge is -2.14. The highest BCUT2D eigenvalue weighted by atomic mass is 16.5. The fourth-order valence-corrected chi connectivity index (χ4v) is 8.28. The second-order valence-corrected chi connectivity index (χ2v) is 14.9. The van der Waals surface area contributed by atoms with E-state index in [0.29, 0.717) is 26.1 Å². The largest absolute Gasteiger partial charge is 0.465 e. The number of Topliss-reactive ketones (excluding diaryl/α,β-unsaturated/α-hetero) is 1. The molecule has 0 atom stereocenters. The molecule has 1 amide bonds. The minimum Gasteiger partial charge on any atom is -0.465 e. The van der Waals surface area contributed by atoms with Gasteiger partial charge in [0.2, 0.25) is 0 Å². The monoisotopic (exact) mass is 799 g/mol. The highest BCUT2D eigenvalue weighted by Crippen LogP contribution is 2.46. The Labute approximate surface area is 351 Å². The molecule has 0 bridgehead atoms. The second-order valence-electron chi connectivity index (χ2n) is 14.9. The van der Waals surface area contributed by atoms with Gasteiger partial charge >= 0.3 is 18.0 Å². The van der Waals surface area contributed by atoms with Crippen LogP contribution in [0.15, 0.2) is 146 Å². The average molecular weight is 800 g/mol. The molecule has 9 rings (SSSR count). The average Bonchev–Trinajstić information content (AvgIpc) is 3.91. The number of amides is 1. The van der Waals surface area contributed by atoms with E-state index >= 15 is 0 Å². The van der Waals surface area contributed by atoms with Gasteiger partial charge in [0.25, 0.3) is 0 Å². The summed E-state index contributed by atoms with van der Waals surface area (Å²) in [6, 6.07) is 49.7. The molecule has 0 saturated heterocycles. The zero-order valence-corrected chi connectivity index (χ0v) is 34.2. The Morgan fingerprint density at radius 3 is 0.917 bits per heavy atom. The first-order valence-corrected chi connectivity index (χ1v) is 20.5. The molecule has 1 N–H and O–H groups in total. The number of benzene rings is 6. The van der Waals surface area contributed by atoms with Gasteiger partial charge in [-0.25, -0.2) is 4.79 Å². The summed E-state index contributed by atoms with van der Waals surface area (Å²) in [6.07, 6.45) is 0.295. The predicted octanol–water partition coefficient (Wildman–Crippen LogP) is 10.6. The third kappa shape index (κ3) is 9.08. The molecule has 0 heterocycles. The number of hydrogen-bond acceptors (Lipinski definition) is 7. The van der Waals surface area contributed by atoms with Crippen molar-refractivity contribution in [1.29, 1.82) is 0 Å². The third-order valence-corrected chi connectivity index (χ3v) is 11.1. The maximum Gasteiger partial charge on any atom is 0.407 e. The second kappa shape index (κ2) is 19.3. The summed E-state index contributed by atoms with van der Waals surface area (Å²) in [5.41, 5.74) is 14.8. The fraction of sp³-hybridized carbons (Fsp3) is 0.231. The minimum absolute atomic E-state index is 0.00330. The van der Waals surface area contributed by atoms with Gasteiger partial charge in [0.05, 0.1) is 6.54 Å². The number of rotatable bonds is 10. The van der Waals surface area contributed by atoms with Crippen LogP contribution in [0.2, 0.25) is 0 Å². The number of nitrogens with one attached hydrogen (secondary N) is 1. The van der Waals surface area contributed by atoms with E-state index in [2.05, 4.69) is 102 Å². The minimum atomic E-state index is -0.558. The molecular weight excluding hydrogens is 751 g/mol. The first-order chi connectivity index (χ1) is 29.3. The molecule has 3 aliphatic rings. The first kappa shape index (κ1) is 41.4. The van der Waals surface area contributed by atoms with E-state index in [1.807, 2.05) is 62.4 Å². The highest BCUT2D eigenvalue weighted by Gasteiger charge is 2.31. The molecule has 0 aromatic heterocycles. The Balaban J connectivity index is 0.000000137. The van der Waals surface area contributed by atoms with Crippen molar-refractivity contribution in [3.05, 3.63) is 179 Å². The van der Waals surface area contributed by atoms with E-state index in [9.17, 15) is 19.2 Å². The summed E-state index contributed by atoms with van der Waals surface area (Å²) in [5.74, 6) is -0.00138. The van der Waals surface area contributed by atoms with Gasteiger partial charge in [0, 0.05) is 30.6 Å². The number of ether oxygens (including phenoxy) is 3. The van der Waals surface area contributed by atoms with Crippen molar-refractivity contribution in [2.45, 2.75) is 51.4 Å². The topological polar surface area (TPSA) is 108 Å².